The Bertz CT molecular complexity index is 939. The van der Waals surface area contributed by atoms with Crippen LogP contribution in [-0.2, 0) is 9.53 Å². The normalized spacial score (nSPS) is 16.0. The fraction of sp³-hybridized carbons (Fsp3) is 0.353. The molecular formula is C17H16N2O3S2. The smallest absolute Gasteiger partial charge is 0.309 e. The van der Waals surface area contributed by atoms with Crippen molar-refractivity contribution in [1.82, 2.24) is 9.97 Å². The lowest BCUT2D eigenvalue weighted by atomic mass is 9.86. The van der Waals surface area contributed by atoms with Gasteiger partial charge in [0.2, 0.25) is 0 Å². The van der Waals surface area contributed by atoms with Gasteiger partial charge in [-0.15, -0.1) is 22.7 Å². The minimum atomic E-state index is -0.553. The van der Waals surface area contributed by atoms with Crippen molar-refractivity contribution in [2.24, 2.45) is 5.92 Å². The summed E-state index contributed by atoms with van der Waals surface area (Å²) in [5, 5.41) is 4.54. The minimum Gasteiger partial charge on any atom is -0.454 e. The average molecular weight is 360 g/mol. The minimum absolute atomic E-state index is 0.00933. The third-order valence-corrected chi connectivity index (χ3v) is 6.14. The maximum absolute atomic E-state index is 12.5. The van der Waals surface area contributed by atoms with Gasteiger partial charge in [0.15, 0.2) is 11.9 Å². The van der Waals surface area contributed by atoms with Crippen molar-refractivity contribution in [3.8, 4) is 10.4 Å². The molecule has 0 spiro atoms. The first-order valence-corrected chi connectivity index (χ1v) is 9.65. The van der Waals surface area contributed by atoms with E-state index in [1.165, 1.54) is 11.3 Å². The summed E-state index contributed by atoms with van der Waals surface area (Å²) in [7, 11) is 0. The molecule has 0 radical (unpaired) electrons. The fourth-order valence-electron chi connectivity index (χ4n) is 2.74. The molecule has 5 nitrogen and oxygen atoms in total. The van der Waals surface area contributed by atoms with Crippen molar-refractivity contribution < 1.29 is 9.53 Å². The van der Waals surface area contributed by atoms with E-state index in [1.54, 1.807) is 18.3 Å². The molecule has 1 saturated carbocycles. The summed E-state index contributed by atoms with van der Waals surface area (Å²) in [6.45, 7) is 1.74. The van der Waals surface area contributed by atoms with Gasteiger partial charge >= 0.3 is 5.97 Å². The number of H-pyrrole nitrogens is 1. The second kappa shape index (κ2) is 6.14. The molecule has 3 aromatic heterocycles. The number of fused-ring (bicyclic) bond motifs is 1. The van der Waals surface area contributed by atoms with Gasteiger partial charge < -0.3 is 9.72 Å². The van der Waals surface area contributed by atoms with E-state index >= 15 is 0 Å². The van der Waals surface area contributed by atoms with Crippen LogP contribution in [0.25, 0.3) is 20.7 Å². The molecule has 1 N–H and O–H groups in total. The zero-order valence-electron chi connectivity index (χ0n) is 13.1. The lowest BCUT2D eigenvalue weighted by molar-refractivity contribution is -0.156. The number of rotatable bonds is 4. The maximum atomic E-state index is 12.5. The average Bonchev–Trinajstić information content (AvgIpc) is 3.13. The predicted octanol–water partition coefficient (Wildman–Crippen LogP) is 4.12. The lowest BCUT2D eigenvalue weighted by Crippen LogP contribution is -2.26. The van der Waals surface area contributed by atoms with Crippen LogP contribution in [0.2, 0.25) is 0 Å². The Balaban J connectivity index is 1.66. The molecule has 0 amide bonds. The number of aromatic nitrogens is 2. The summed E-state index contributed by atoms with van der Waals surface area (Å²) in [6, 6.07) is 3.95. The highest BCUT2D eigenvalue weighted by Crippen LogP contribution is 2.34. The first-order chi connectivity index (χ1) is 11.6. The molecule has 1 aliphatic rings. The highest BCUT2D eigenvalue weighted by atomic mass is 32.1. The second-order valence-electron chi connectivity index (χ2n) is 5.96. The van der Waals surface area contributed by atoms with Crippen molar-refractivity contribution in [2.75, 3.05) is 0 Å². The monoisotopic (exact) mass is 360 g/mol. The summed E-state index contributed by atoms with van der Waals surface area (Å²) < 4.78 is 5.46. The van der Waals surface area contributed by atoms with Crippen molar-refractivity contribution in [1.29, 1.82) is 0 Å². The van der Waals surface area contributed by atoms with E-state index < -0.39 is 6.10 Å². The third kappa shape index (κ3) is 2.67. The van der Waals surface area contributed by atoms with Gasteiger partial charge in [-0.25, -0.2) is 4.98 Å². The van der Waals surface area contributed by atoms with Crippen LogP contribution in [0.5, 0.6) is 0 Å². The fourth-order valence-corrected chi connectivity index (χ4v) is 4.51. The predicted molar refractivity (Wildman–Crippen MR) is 95.4 cm³/mol. The van der Waals surface area contributed by atoms with E-state index in [0.29, 0.717) is 16.0 Å². The quantitative estimate of drug-likeness (QED) is 0.711. The Morgan fingerprint density at radius 1 is 1.42 bits per heavy atom. The van der Waals surface area contributed by atoms with Gasteiger partial charge in [-0.3, -0.25) is 9.59 Å². The van der Waals surface area contributed by atoms with Gasteiger partial charge in [-0.1, -0.05) is 12.5 Å². The van der Waals surface area contributed by atoms with Crippen molar-refractivity contribution in [3.05, 3.63) is 39.1 Å². The van der Waals surface area contributed by atoms with Gasteiger partial charge in [0.25, 0.3) is 5.56 Å². The van der Waals surface area contributed by atoms with Crippen LogP contribution in [0.15, 0.2) is 27.7 Å². The number of nitrogens with one attached hydrogen (secondary N) is 1. The van der Waals surface area contributed by atoms with Crippen LogP contribution in [0.3, 0.4) is 0 Å². The van der Waals surface area contributed by atoms with Crippen LogP contribution in [0.4, 0.5) is 0 Å². The number of esters is 1. The van der Waals surface area contributed by atoms with Crippen LogP contribution >= 0.6 is 22.7 Å². The highest BCUT2D eigenvalue weighted by Gasteiger charge is 2.29. The number of hydrogen-bond donors (Lipinski definition) is 1. The molecule has 1 atom stereocenters. The summed E-state index contributed by atoms with van der Waals surface area (Å²) in [4.78, 5) is 33.5. The number of carbonyl (C=O) groups is 1. The van der Waals surface area contributed by atoms with E-state index in [-0.39, 0.29) is 17.4 Å². The van der Waals surface area contributed by atoms with Gasteiger partial charge in [-0.2, -0.15) is 0 Å². The molecule has 3 heterocycles. The zero-order chi connectivity index (χ0) is 16.7. The summed E-state index contributed by atoms with van der Waals surface area (Å²) in [5.41, 5.74) is 0.718. The van der Waals surface area contributed by atoms with Gasteiger partial charge in [0.05, 0.1) is 11.3 Å². The zero-order valence-corrected chi connectivity index (χ0v) is 14.7. The summed E-state index contributed by atoms with van der Waals surface area (Å²) in [6.07, 6.45) is 2.31. The van der Waals surface area contributed by atoms with Gasteiger partial charge in [0, 0.05) is 15.8 Å². The summed E-state index contributed by atoms with van der Waals surface area (Å²) >= 11 is 3.03. The molecule has 0 unspecified atom stereocenters. The van der Waals surface area contributed by atoms with E-state index in [4.69, 9.17) is 4.74 Å². The number of thiophene rings is 2. The van der Waals surface area contributed by atoms with E-state index in [1.807, 2.05) is 22.9 Å². The number of aromatic amines is 1. The first-order valence-electron chi connectivity index (χ1n) is 7.89. The van der Waals surface area contributed by atoms with Crippen molar-refractivity contribution in [3.63, 3.8) is 0 Å². The third-order valence-electron chi connectivity index (χ3n) is 4.37. The Labute approximate surface area is 146 Å². The standard InChI is InChI=1S/C17H16N2O3S2/c1-9(22-17(21)10-4-2-5-10)14-18-15(20)13-11(8-24-16(13)19-14)12-6-3-7-23-12/h3,6-10H,2,4-5H2,1H3,(H,18,19,20)/t9-/m0/s1. The van der Waals surface area contributed by atoms with E-state index in [0.717, 1.165) is 29.7 Å². The van der Waals surface area contributed by atoms with Gasteiger partial charge in [0.1, 0.15) is 4.83 Å². The molecule has 0 bridgehead atoms. The molecule has 1 fully saturated rings. The molecule has 0 aromatic carbocycles. The molecule has 24 heavy (non-hydrogen) atoms. The second-order valence-corrected chi connectivity index (χ2v) is 7.77. The van der Waals surface area contributed by atoms with Crippen LogP contribution in [0.1, 0.15) is 38.1 Å². The Morgan fingerprint density at radius 2 is 2.25 bits per heavy atom. The van der Waals surface area contributed by atoms with Crippen molar-refractivity contribution in [2.45, 2.75) is 32.3 Å². The van der Waals surface area contributed by atoms with Crippen molar-refractivity contribution >= 4 is 38.9 Å². The topological polar surface area (TPSA) is 72.0 Å². The molecule has 3 aromatic rings. The maximum Gasteiger partial charge on any atom is 0.309 e. The van der Waals surface area contributed by atoms with Gasteiger partial charge in [-0.05, 0) is 31.2 Å². The number of ether oxygens (including phenoxy) is 1. The molecule has 0 saturated heterocycles. The Kier molecular flexibility index (Phi) is 3.97. The molecular weight excluding hydrogens is 344 g/mol. The molecule has 0 aliphatic heterocycles. The van der Waals surface area contributed by atoms with E-state index in [2.05, 4.69) is 9.97 Å². The molecule has 1 aliphatic carbocycles. The lowest BCUT2D eigenvalue weighted by Gasteiger charge is -2.24. The SMILES string of the molecule is C[C@H](OC(=O)C1CCC1)c1nc2scc(-c3cccs3)c2c(=O)[nH]1. The Morgan fingerprint density at radius 3 is 2.92 bits per heavy atom. The van der Waals surface area contributed by atoms with Crippen LogP contribution in [-0.4, -0.2) is 15.9 Å². The largest absolute Gasteiger partial charge is 0.454 e. The molecule has 124 valence electrons. The number of hydrogen-bond acceptors (Lipinski definition) is 6. The number of carbonyl (C=O) groups excluding carboxylic acids is 1. The Hall–Kier alpha value is -1.99. The summed E-state index contributed by atoms with van der Waals surface area (Å²) in [5.74, 6) is 0.219. The van der Waals surface area contributed by atoms with E-state index in [9.17, 15) is 9.59 Å². The molecule has 4 rings (SSSR count). The highest BCUT2D eigenvalue weighted by molar-refractivity contribution is 7.18. The first kappa shape index (κ1) is 15.5. The van der Waals surface area contributed by atoms with Crippen LogP contribution < -0.4 is 5.56 Å². The number of nitrogens with zero attached hydrogens (tertiary/aromatic N) is 1. The van der Waals surface area contributed by atoms with Crippen LogP contribution in [0, 0.1) is 5.92 Å². The molecule has 7 heteroatoms.